The number of ether oxygens (including phenoxy) is 2. The van der Waals surface area contributed by atoms with Gasteiger partial charge in [-0.05, 0) is 34.1 Å². The molecule has 2 fully saturated rings. The second-order valence-corrected chi connectivity index (χ2v) is 7.71. The van der Waals surface area contributed by atoms with Crippen LogP contribution in [0.15, 0.2) is 35.5 Å². The molecule has 0 unspecified atom stereocenters. The molecule has 1 saturated carbocycles. The van der Waals surface area contributed by atoms with Crippen LogP contribution in [0.5, 0.6) is 0 Å². The van der Waals surface area contributed by atoms with Crippen LogP contribution in [0.2, 0.25) is 0 Å². The fraction of sp³-hybridized carbons (Fsp3) is 0.600. The Balaban J connectivity index is 2.01. The van der Waals surface area contributed by atoms with Crippen LogP contribution in [0.4, 0.5) is 0 Å². The third-order valence-electron chi connectivity index (χ3n) is 6.10. The second kappa shape index (κ2) is 6.13. The van der Waals surface area contributed by atoms with Crippen molar-refractivity contribution in [3.63, 3.8) is 0 Å². The Morgan fingerprint density at radius 1 is 1.48 bits per heavy atom. The first-order chi connectivity index (χ1) is 11.7. The van der Waals surface area contributed by atoms with Gasteiger partial charge in [-0.1, -0.05) is 24.3 Å². The molecule has 2 aliphatic carbocycles. The number of carbonyl (C=O) groups is 2. The van der Waals surface area contributed by atoms with Gasteiger partial charge < -0.3 is 14.6 Å². The Morgan fingerprint density at radius 3 is 2.80 bits per heavy atom. The summed E-state index contributed by atoms with van der Waals surface area (Å²) in [6.45, 7) is 11.1. The average Bonchev–Trinajstić information content (AvgIpc) is 3.03. The van der Waals surface area contributed by atoms with Crippen LogP contribution in [0, 0.1) is 17.8 Å². The standard InChI is InChI=1S/C20H26O5/c1-6-10(2)18(21)24-14-9-20(5,23)13-8-7-11(3)15(13)17-16(14)12(4)19(22)25-17/h6-7,13-17,23H,4,8-9H2,1-3,5H3/b10-6-/t13-,14+,15+,16-,17-,20-/m1/s1. The van der Waals surface area contributed by atoms with Gasteiger partial charge in [0.2, 0.25) is 0 Å². The van der Waals surface area contributed by atoms with Crippen molar-refractivity contribution in [3.05, 3.63) is 35.5 Å². The van der Waals surface area contributed by atoms with E-state index >= 15 is 0 Å². The average molecular weight is 346 g/mol. The van der Waals surface area contributed by atoms with Gasteiger partial charge in [0.15, 0.2) is 0 Å². The molecular formula is C20H26O5. The highest BCUT2D eigenvalue weighted by Crippen LogP contribution is 2.52. The Labute approximate surface area is 148 Å². The van der Waals surface area contributed by atoms with Gasteiger partial charge in [-0.2, -0.15) is 0 Å². The molecule has 1 aliphatic heterocycles. The highest BCUT2D eigenvalue weighted by Gasteiger charge is 2.58. The first kappa shape index (κ1) is 17.9. The molecule has 0 aromatic carbocycles. The van der Waals surface area contributed by atoms with Crippen molar-refractivity contribution in [3.8, 4) is 0 Å². The molecule has 1 heterocycles. The van der Waals surface area contributed by atoms with Crippen LogP contribution in [-0.2, 0) is 19.1 Å². The number of fused-ring (bicyclic) bond motifs is 3. The predicted octanol–water partition coefficient (Wildman–Crippen LogP) is 2.70. The molecule has 0 amide bonds. The van der Waals surface area contributed by atoms with Gasteiger partial charge in [0, 0.05) is 29.4 Å². The van der Waals surface area contributed by atoms with Crippen molar-refractivity contribution in [2.45, 2.75) is 58.3 Å². The van der Waals surface area contributed by atoms with E-state index in [1.165, 1.54) is 0 Å². The molecule has 5 heteroatoms. The molecule has 5 nitrogen and oxygen atoms in total. The molecule has 0 radical (unpaired) electrons. The van der Waals surface area contributed by atoms with Crippen molar-refractivity contribution >= 4 is 11.9 Å². The maximum atomic E-state index is 12.3. The van der Waals surface area contributed by atoms with Gasteiger partial charge in [0.05, 0.1) is 11.5 Å². The van der Waals surface area contributed by atoms with Crippen molar-refractivity contribution in [1.82, 2.24) is 0 Å². The topological polar surface area (TPSA) is 72.8 Å². The van der Waals surface area contributed by atoms with Crippen LogP contribution in [0.1, 0.15) is 40.5 Å². The minimum Gasteiger partial charge on any atom is -0.458 e. The lowest BCUT2D eigenvalue weighted by Crippen LogP contribution is -2.40. The molecule has 0 spiro atoms. The summed E-state index contributed by atoms with van der Waals surface area (Å²) in [5.74, 6) is -1.43. The van der Waals surface area contributed by atoms with Gasteiger partial charge in [-0.25, -0.2) is 9.59 Å². The van der Waals surface area contributed by atoms with Gasteiger partial charge >= 0.3 is 11.9 Å². The molecule has 0 aromatic heterocycles. The van der Waals surface area contributed by atoms with Crippen LogP contribution in [0.3, 0.4) is 0 Å². The zero-order chi connectivity index (χ0) is 18.5. The molecular weight excluding hydrogens is 320 g/mol. The lowest BCUT2D eigenvalue weighted by molar-refractivity contribution is -0.150. The molecule has 3 aliphatic rings. The monoisotopic (exact) mass is 346 g/mol. The normalized spacial score (nSPS) is 40.8. The zero-order valence-corrected chi connectivity index (χ0v) is 15.2. The zero-order valence-electron chi connectivity index (χ0n) is 15.2. The molecule has 136 valence electrons. The molecule has 1 saturated heterocycles. The minimum absolute atomic E-state index is 0.0646. The number of aliphatic hydroxyl groups is 1. The number of hydrogen-bond acceptors (Lipinski definition) is 5. The molecule has 0 aromatic rings. The van der Waals surface area contributed by atoms with Crippen molar-refractivity contribution in [1.29, 1.82) is 0 Å². The molecule has 0 bridgehead atoms. The van der Waals surface area contributed by atoms with Crippen LogP contribution < -0.4 is 0 Å². The molecule has 1 N–H and O–H groups in total. The number of hydrogen-bond donors (Lipinski definition) is 1. The Kier molecular flexibility index (Phi) is 4.40. The summed E-state index contributed by atoms with van der Waals surface area (Å²) in [6, 6.07) is 0. The maximum absolute atomic E-state index is 12.3. The minimum atomic E-state index is -1.02. The Hall–Kier alpha value is -1.88. The van der Waals surface area contributed by atoms with Crippen molar-refractivity contribution in [2.24, 2.45) is 17.8 Å². The van der Waals surface area contributed by atoms with E-state index in [0.29, 0.717) is 11.1 Å². The summed E-state index contributed by atoms with van der Waals surface area (Å²) in [5.41, 5.74) is 0.911. The summed E-state index contributed by atoms with van der Waals surface area (Å²) in [7, 11) is 0. The predicted molar refractivity (Wildman–Crippen MR) is 92.4 cm³/mol. The van der Waals surface area contributed by atoms with Gasteiger partial charge in [0.25, 0.3) is 0 Å². The smallest absolute Gasteiger partial charge is 0.334 e. The third kappa shape index (κ3) is 2.84. The summed E-state index contributed by atoms with van der Waals surface area (Å²) in [6.07, 6.45) is 3.69. The molecule has 6 atom stereocenters. The Bertz CT molecular complexity index is 684. The summed E-state index contributed by atoms with van der Waals surface area (Å²) in [5, 5.41) is 11.1. The van der Waals surface area contributed by atoms with E-state index in [9.17, 15) is 14.7 Å². The highest BCUT2D eigenvalue weighted by molar-refractivity contribution is 5.91. The largest absolute Gasteiger partial charge is 0.458 e. The van der Waals surface area contributed by atoms with E-state index in [2.05, 4.69) is 12.7 Å². The fourth-order valence-electron chi connectivity index (χ4n) is 4.53. The van der Waals surface area contributed by atoms with Gasteiger partial charge in [0.1, 0.15) is 12.2 Å². The molecule has 3 rings (SSSR count). The second-order valence-electron chi connectivity index (χ2n) is 7.71. The number of allylic oxidation sites excluding steroid dienone is 2. The van der Waals surface area contributed by atoms with E-state index in [0.717, 1.165) is 12.0 Å². The van der Waals surface area contributed by atoms with Gasteiger partial charge in [-0.3, -0.25) is 0 Å². The van der Waals surface area contributed by atoms with E-state index in [1.54, 1.807) is 26.8 Å². The summed E-state index contributed by atoms with van der Waals surface area (Å²) in [4.78, 5) is 24.5. The SMILES string of the molecule is C=C1C(=O)O[C@@H]2[C@H]3C(C)=CC[C@H]3[C@](C)(O)C[C@H](OC(=O)/C(C)=C\C)[C@@H]12. The van der Waals surface area contributed by atoms with Crippen molar-refractivity contribution in [2.75, 3.05) is 0 Å². The third-order valence-corrected chi connectivity index (χ3v) is 6.10. The molecule has 25 heavy (non-hydrogen) atoms. The number of rotatable bonds is 2. The van der Waals surface area contributed by atoms with E-state index < -0.39 is 35.7 Å². The number of carbonyl (C=O) groups excluding carboxylic acids is 2. The van der Waals surface area contributed by atoms with E-state index in [4.69, 9.17) is 9.47 Å². The first-order valence-corrected chi connectivity index (χ1v) is 8.80. The lowest BCUT2D eigenvalue weighted by Gasteiger charge is -2.34. The van der Waals surface area contributed by atoms with E-state index in [1.807, 2.05) is 6.92 Å². The van der Waals surface area contributed by atoms with E-state index in [-0.39, 0.29) is 18.3 Å². The summed E-state index contributed by atoms with van der Waals surface area (Å²) >= 11 is 0. The lowest BCUT2D eigenvalue weighted by atomic mass is 9.76. The van der Waals surface area contributed by atoms with Crippen molar-refractivity contribution < 1.29 is 24.2 Å². The van der Waals surface area contributed by atoms with Crippen LogP contribution in [-0.4, -0.2) is 34.9 Å². The number of esters is 2. The maximum Gasteiger partial charge on any atom is 0.334 e. The first-order valence-electron chi connectivity index (χ1n) is 8.80. The Morgan fingerprint density at radius 2 is 2.16 bits per heavy atom. The quantitative estimate of drug-likeness (QED) is 0.473. The van der Waals surface area contributed by atoms with Gasteiger partial charge in [-0.15, -0.1) is 0 Å². The fourth-order valence-corrected chi connectivity index (χ4v) is 4.53. The summed E-state index contributed by atoms with van der Waals surface area (Å²) < 4.78 is 11.4. The van der Waals surface area contributed by atoms with Crippen LogP contribution in [0.25, 0.3) is 0 Å². The highest BCUT2D eigenvalue weighted by atomic mass is 16.6. The van der Waals surface area contributed by atoms with Crippen LogP contribution >= 0.6 is 0 Å².